The first-order valence-corrected chi connectivity index (χ1v) is 5.38. The zero-order valence-electron chi connectivity index (χ0n) is 6.14. The van der Waals surface area contributed by atoms with E-state index in [4.69, 9.17) is 10.7 Å². The molecule has 0 bridgehead atoms. The number of hydrogen-bond donors (Lipinski definition) is 0. The van der Waals surface area contributed by atoms with Crippen molar-refractivity contribution in [2.75, 3.05) is 6.61 Å². The molecule has 0 radical (unpaired) electrons. The van der Waals surface area contributed by atoms with Crippen molar-refractivity contribution in [3.8, 4) is 0 Å². The summed E-state index contributed by atoms with van der Waals surface area (Å²) in [6.45, 7) is 2.65. The van der Waals surface area contributed by atoms with Crippen molar-refractivity contribution in [3.63, 3.8) is 0 Å². The molecule has 0 aliphatic heterocycles. The molecule has 0 aromatic rings. The maximum absolute atomic E-state index is 10.1. The molecule has 0 rings (SSSR count). The van der Waals surface area contributed by atoms with E-state index >= 15 is 0 Å². The van der Waals surface area contributed by atoms with E-state index in [2.05, 4.69) is 11.1 Å². The predicted octanol–water partition coefficient (Wildman–Crippen LogP) is 2.40. The first-order chi connectivity index (χ1) is 4.77. The fourth-order valence-electron chi connectivity index (χ4n) is 0.653. The minimum absolute atomic E-state index is 0.510. The van der Waals surface area contributed by atoms with E-state index in [-0.39, 0.29) is 0 Å². The standard InChI is InChI=1S/C6H13ClO2S/c1-2-3-4-5-6-9-10(7)8/h2-6H2,1H3. The van der Waals surface area contributed by atoms with Gasteiger partial charge in [-0.2, -0.15) is 0 Å². The van der Waals surface area contributed by atoms with Gasteiger partial charge < -0.3 is 0 Å². The molecule has 1 atom stereocenters. The van der Waals surface area contributed by atoms with Gasteiger partial charge in [0, 0.05) is 10.7 Å². The van der Waals surface area contributed by atoms with Gasteiger partial charge >= 0.3 is 0 Å². The van der Waals surface area contributed by atoms with Crippen molar-refractivity contribution in [3.05, 3.63) is 0 Å². The fraction of sp³-hybridized carbons (Fsp3) is 1.00. The Bertz CT molecular complexity index is 97.7. The second-order valence-electron chi connectivity index (χ2n) is 2.08. The lowest BCUT2D eigenvalue weighted by Crippen LogP contribution is -1.92. The monoisotopic (exact) mass is 184 g/mol. The van der Waals surface area contributed by atoms with Gasteiger partial charge in [0.25, 0.3) is 10.3 Å². The van der Waals surface area contributed by atoms with Crippen LogP contribution in [0.5, 0.6) is 0 Å². The molecular weight excluding hydrogens is 172 g/mol. The Balaban J connectivity index is 2.84. The van der Waals surface area contributed by atoms with Crippen LogP contribution in [0.3, 0.4) is 0 Å². The molecule has 0 heterocycles. The number of rotatable bonds is 6. The van der Waals surface area contributed by atoms with Crippen LogP contribution >= 0.6 is 10.7 Å². The molecule has 0 aromatic heterocycles. The lowest BCUT2D eigenvalue weighted by molar-refractivity contribution is 0.340. The van der Waals surface area contributed by atoms with Gasteiger partial charge in [0.2, 0.25) is 0 Å². The summed E-state index contributed by atoms with van der Waals surface area (Å²) in [7, 11) is 3.44. The van der Waals surface area contributed by atoms with Crippen molar-refractivity contribution in [2.24, 2.45) is 0 Å². The lowest BCUT2D eigenvalue weighted by Gasteiger charge is -1.96. The minimum Gasteiger partial charge on any atom is -0.278 e. The smallest absolute Gasteiger partial charge is 0.255 e. The first kappa shape index (κ1) is 10.4. The Hall–Kier alpha value is 0.400. The summed E-state index contributed by atoms with van der Waals surface area (Å²) >= 11 is 0. The molecule has 0 spiro atoms. The molecule has 2 nitrogen and oxygen atoms in total. The Morgan fingerprint density at radius 1 is 1.40 bits per heavy atom. The zero-order valence-corrected chi connectivity index (χ0v) is 7.71. The largest absolute Gasteiger partial charge is 0.278 e. The molecule has 0 aliphatic carbocycles. The quantitative estimate of drug-likeness (QED) is 0.468. The van der Waals surface area contributed by atoms with Crippen molar-refractivity contribution < 1.29 is 8.39 Å². The highest BCUT2D eigenvalue weighted by Gasteiger charge is 1.92. The topological polar surface area (TPSA) is 26.3 Å². The molecule has 1 unspecified atom stereocenters. The maximum Gasteiger partial charge on any atom is 0.255 e. The van der Waals surface area contributed by atoms with Gasteiger partial charge in [0.1, 0.15) is 0 Å². The molecule has 4 heteroatoms. The summed E-state index contributed by atoms with van der Waals surface area (Å²) in [6, 6.07) is 0. The molecular formula is C6H13ClO2S. The summed E-state index contributed by atoms with van der Waals surface area (Å²) in [4.78, 5) is 0. The zero-order chi connectivity index (χ0) is 7.82. The Morgan fingerprint density at radius 2 is 2.10 bits per heavy atom. The molecule has 0 fully saturated rings. The fourth-order valence-corrected chi connectivity index (χ4v) is 1.09. The predicted molar refractivity (Wildman–Crippen MR) is 44.1 cm³/mol. The van der Waals surface area contributed by atoms with Crippen LogP contribution in [0, 0.1) is 0 Å². The van der Waals surface area contributed by atoms with Gasteiger partial charge in [-0.15, -0.1) is 0 Å². The van der Waals surface area contributed by atoms with E-state index in [1.54, 1.807) is 0 Å². The Kier molecular flexibility index (Phi) is 7.81. The van der Waals surface area contributed by atoms with Crippen LogP contribution in [-0.2, 0) is 14.5 Å². The van der Waals surface area contributed by atoms with Gasteiger partial charge in [0.15, 0.2) is 0 Å². The van der Waals surface area contributed by atoms with Gasteiger partial charge in [-0.25, -0.2) is 4.21 Å². The molecule has 0 aromatic carbocycles. The van der Waals surface area contributed by atoms with Crippen molar-refractivity contribution in [1.29, 1.82) is 0 Å². The van der Waals surface area contributed by atoms with Crippen molar-refractivity contribution in [2.45, 2.75) is 32.6 Å². The SMILES string of the molecule is CCCCCCOS(=O)Cl. The van der Waals surface area contributed by atoms with E-state index in [1.165, 1.54) is 12.8 Å². The third-order valence-electron chi connectivity index (χ3n) is 1.17. The van der Waals surface area contributed by atoms with Crippen LogP contribution in [-0.4, -0.2) is 10.8 Å². The highest BCUT2D eigenvalue weighted by Crippen LogP contribution is 2.00. The maximum atomic E-state index is 10.1. The molecule has 0 aliphatic rings. The molecule has 0 saturated carbocycles. The second-order valence-corrected chi connectivity index (χ2v) is 3.46. The third-order valence-corrected chi connectivity index (χ3v) is 1.79. The normalized spacial score (nSPS) is 13.4. The van der Waals surface area contributed by atoms with Crippen molar-refractivity contribution >= 4 is 21.0 Å². The highest BCUT2D eigenvalue weighted by molar-refractivity contribution is 8.04. The lowest BCUT2D eigenvalue weighted by atomic mass is 10.2. The van der Waals surface area contributed by atoms with Gasteiger partial charge in [-0.3, -0.25) is 4.18 Å². The van der Waals surface area contributed by atoms with Gasteiger partial charge in [-0.1, -0.05) is 26.2 Å². The summed E-state index contributed by atoms with van der Waals surface area (Å²) in [5.41, 5.74) is 0. The first-order valence-electron chi connectivity index (χ1n) is 3.48. The van der Waals surface area contributed by atoms with E-state index < -0.39 is 10.3 Å². The van der Waals surface area contributed by atoms with Crippen LogP contribution in [0.4, 0.5) is 0 Å². The summed E-state index contributed by atoms with van der Waals surface area (Å²) < 4.78 is 14.8. The second kappa shape index (κ2) is 7.51. The molecule has 10 heavy (non-hydrogen) atoms. The van der Waals surface area contributed by atoms with E-state index in [0.717, 1.165) is 12.8 Å². The van der Waals surface area contributed by atoms with E-state index in [9.17, 15) is 4.21 Å². The highest BCUT2D eigenvalue weighted by atomic mass is 35.7. The molecule has 0 N–H and O–H groups in total. The summed E-state index contributed by atoms with van der Waals surface area (Å²) in [5, 5.41) is 0. The summed E-state index contributed by atoms with van der Waals surface area (Å²) in [6.07, 6.45) is 4.49. The van der Waals surface area contributed by atoms with E-state index in [1.807, 2.05) is 0 Å². The average Bonchev–Trinajstić information content (AvgIpc) is 1.87. The number of hydrogen-bond acceptors (Lipinski definition) is 2. The molecule has 0 saturated heterocycles. The van der Waals surface area contributed by atoms with Crippen LogP contribution in [0.25, 0.3) is 0 Å². The number of unbranched alkanes of at least 4 members (excludes halogenated alkanes) is 3. The Morgan fingerprint density at radius 3 is 2.60 bits per heavy atom. The van der Waals surface area contributed by atoms with Crippen LogP contribution < -0.4 is 0 Å². The van der Waals surface area contributed by atoms with Crippen LogP contribution in [0.1, 0.15) is 32.6 Å². The van der Waals surface area contributed by atoms with E-state index in [0.29, 0.717) is 6.61 Å². The van der Waals surface area contributed by atoms with Gasteiger partial charge in [-0.05, 0) is 6.42 Å². The molecule has 0 amide bonds. The number of halogens is 1. The van der Waals surface area contributed by atoms with Crippen LogP contribution in [0.2, 0.25) is 0 Å². The van der Waals surface area contributed by atoms with Crippen LogP contribution in [0.15, 0.2) is 0 Å². The Labute approximate surface area is 69.1 Å². The molecule has 62 valence electrons. The van der Waals surface area contributed by atoms with Crippen molar-refractivity contribution in [1.82, 2.24) is 0 Å². The average molecular weight is 185 g/mol. The summed E-state index contributed by atoms with van der Waals surface area (Å²) in [5.74, 6) is 0. The van der Waals surface area contributed by atoms with Gasteiger partial charge in [0.05, 0.1) is 6.61 Å². The minimum atomic E-state index is -1.60. The third kappa shape index (κ3) is 8.40.